The third-order valence-electron chi connectivity index (χ3n) is 4.47. The van der Waals surface area contributed by atoms with E-state index in [1.165, 1.54) is 25.7 Å². The van der Waals surface area contributed by atoms with E-state index < -0.39 is 0 Å². The normalized spacial score (nSPS) is 14.6. The zero-order valence-corrected chi connectivity index (χ0v) is 15.2. The molecule has 0 atom stereocenters. The molecule has 0 radical (unpaired) electrons. The molecule has 138 valence electrons. The number of carbonyl (C=O) groups excluding carboxylic acids is 1. The van der Waals surface area contributed by atoms with Crippen molar-refractivity contribution in [1.29, 1.82) is 0 Å². The largest absolute Gasteiger partial charge is 0.343 e. The second kappa shape index (κ2) is 7.99. The number of nitrogens with zero attached hydrogens (tertiary/aromatic N) is 5. The van der Waals surface area contributed by atoms with Crippen LogP contribution < -0.4 is 5.56 Å². The SMILES string of the molecule is CC(=O)N1CCCCCC1.Cn1cc(-c2cn3nccc3c(=O)[nH]2)cn1. The molecule has 0 saturated carbocycles. The molecule has 0 bridgehead atoms. The van der Waals surface area contributed by atoms with Gasteiger partial charge in [-0.1, -0.05) is 12.8 Å². The minimum atomic E-state index is -0.154. The van der Waals surface area contributed by atoms with Crippen LogP contribution in [0.1, 0.15) is 32.6 Å². The fraction of sp³-hybridized carbons (Fsp3) is 0.444. The fourth-order valence-electron chi connectivity index (χ4n) is 3.03. The monoisotopic (exact) mass is 356 g/mol. The summed E-state index contributed by atoms with van der Waals surface area (Å²) in [6.07, 6.45) is 11.9. The number of aryl methyl sites for hydroxylation is 1. The third-order valence-corrected chi connectivity index (χ3v) is 4.47. The second-order valence-corrected chi connectivity index (χ2v) is 6.48. The predicted molar refractivity (Wildman–Crippen MR) is 98.7 cm³/mol. The van der Waals surface area contributed by atoms with Crippen molar-refractivity contribution < 1.29 is 4.79 Å². The Kier molecular flexibility index (Phi) is 5.50. The van der Waals surface area contributed by atoms with Gasteiger partial charge in [-0.2, -0.15) is 10.2 Å². The highest BCUT2D eigenvalue weighted by Gasteiger charge is 2.10. The average Bonchev–Trinajstić information content (AvgIpc) is 3.17. The molecule has 1 aliphatic heterocycles. The highest BCUT2D eigenvalue weighted by Crippen LogP contribution is 2.13. The first-order chi connectivity index (χ1) is 12.5. The van der Waals surface area contributed by atoms with Crippen LogP contribution in [0.2, 0.25) is 0 Å². The quantitative estimate of drug-likeness (QED) is 0.720. The molecule has 1 aliphatic rings. The van der Waals surface area contributed by atoms with E-state index in [-0.39, 0.29) is 11.5 Å². The molecule has 26 heavy (non-hydrogen) atoms. The van der Waals surface area contributed by atoms with Gasteiger partial charge < -0.3 is 9.88 Å². The summed E-state index contributed by atoms with van der Waals surface area (Å²) in [5.74, 6) is 0.238. The number of hydrogen-bond donors (Lipinski definition) is 1. The van der Waals surface area contributed by atoms with Crippen LogP contribution in [0.15, 0.2) is 35.6 Å². The fourth-order valence-corrected chi connectivity index (χ4v) is 3.03. The van der Waals surface area contributed by atoms with Crippen molar-refractivity contribution in [2.75, 3.05) is 13.1 Å². The third kappa shape index (κ3) is 4.19. The molecule has 1 saturated heterocycles. The van der Waals surface area contributed by atoms with Gasteiger partial charge in [0.15, 0.2) is 0 Å². The van der Waals surface area contributed by atoms with Crippen LogP contribution >= 0.6 is 0 Å². The molecule has 3 aromatic rings. The highest BCUT2D eigenvalue weighted by molar-refractivity contribution is 5.73. The summed E-state index contributed by atoms with van der Waals surface area (Å²) in [5.41, 5.74) is 1.94. The molecule has 0 spiro atoms. The lowest BCUT2D eigenvalue weighted by atomic mass is 10.2. The number of H-pyrrole nitrogens is 1. The van der Waals surface area contributed by atoms with Crippen molar-refractivity contribution in [2.24, 2.45) is 7.05 Å². The highest BCUT2D eigenvalue weighted by atomic mass is 16.2. The number of rotatable bonds is 1. The zero-order chi connectivity index (χ0) is 18.5. The smallest absolute Gasteiger partial charge is 0.274 e. The molecule has 0 aliphatic carbocycles. The maximum atomic E-state index is 11.7. The molecule has 8 heteroatoms. The van der Waals surface area contributed by atoms with Crippen LogP contribution in [0.25, 0.3) is 16.8 Å². The summed E-state index contributed by atoms with van der Waals surface area (Å²) in [6.45, 7) is 3.62. The summed E-state index contributed by atoms with van der Waals surface area (Å²) in [5, 5.41) is 8.10. The van der Waals surface area contributed by atoms with Gasteiger partial charge in [-0.15, -0.1) is 0 Å². The van der Waals surface area contributed by atoms with Gasteiger partial charge in [0.2, 0.25) is 5.91 Å². The summed E-state index contributed by atoms with van der Waals surface area (Å²) in [4.78, 5) is 27.3. The maximum Gasteiger partial charge on any atom is 0.274 e. The Morgan fingerprint density at radius 2 is 1.85 bits per heavy atom. The van der Waals surface area contributed by atoms with E-state index in [2.05, 4.69) is 15.2 Å². The Hall–Kier alpha value is -2.90. The molecule has 4 rings (SSSR count). The van der Waals surface area contributed by atoms with Crippen molar-refractivity contribution in [3.63, 3.8) is 0 Å². The van der Waals surface area contributed by atoms with Gasteiger partial charge in [-0.05, 0) is 18.9 Å². The number of nitrogens with one attached hydrogen (secondary N) is 1. The van der Waals surface area contributed by atoms with Gasteiger partial charge in [0.25, 0.3) is 5.56 Å². The molecule has 1 N–H and O–H groups in total. The number of hydrogen-bond acceptors (Lipinski definition) is 4. The average molecular weight is 356 g/mol. The van der Waals surface area contributed by atoms with Gasteiger partial charge in [0.1, 0.15) is 5.52 Å². The first kappa shape index (κ1) is 17.9. The minimum Gasteiger partial charge on any atom is -0.343 e. The first-order valence-electron chi connectivity index (χ1n) is 8.86. The summed E-state index contributed by atoms with van der Waals surface area (Å²) < 4.78 is 3.24. The predicted octanol–water partition coefficient (Wildman–Crippen LogP) is 1.83. The Morgan fingerprint density at radius 3 is 2.46 bits per heavy atom. The number of likely N-dealkylation sites (tertiary alicyclic amines) is 1. The Morgan fingerprint density at radius 1 is 1.12 bits per heavy atom. The lowest BCUT2D eigenvalue weighted by molar-refractivity contribution is -0.128. The number of aromatic nitrogens is 5. The van der Waals surface area contributed by atoms with Crippen molar-refractivity contribution >= 4 is 11.4 Å². The molecule has 1 fully saturated rings. The summed E-state index contributed by atoms with van der Waals surface area (Å²) in [7, 11) is 1.83. The Labute approximate surface area is 151 Å². The number of fused-ring (bicyclic) bond motifs is 1. The standard InChI is InChI=1S/C10H9N5O.C8H15NO/c1-14-5-7(4-12-14)8-6-15-9(2-3-11-15)10(16)13-8;1-8(10)9-6-4-2-3-5-7-9/h2-6H,1H3,(H,13,16);2-7H2,1H3. The van der Waals surface area contributed by atoms with Crippen LogP contribution in [0.3, 0.4) is 0 Å². The minimum absolute atomic E-state index is 0.154. The Balaban J connectivity index is 0.000000170. The molecular weight excluding hydrogens is 332 g/mol. The van der Waals surface area contributed by atoms with Crippen molar-refractivity contribution in [3.05, 3.63) is 41.2 Å². The van der Waals surface area contributed by atoms with Crippen molar-refractivity contribution in [3.8, 4) is 11.3 Å². The van der Waals surface area contributed by atoms with Crippen LogP contribution in [0.4, 0.5) is 0 Å². The summed E-state index contributed by atoms with van der Waals surface area (Å²) in [6, 6.07) is 1.67. The molecule has 3 aromatic heterocycles. The topological polar surface area (TPSA) is 88.3 Å². The molecule has 0 aromatic carbocycles. The Bertz CT molecular complexity index is 930. The van der Waals surface area contributed by atoms with E-state index in [0.29, 0.717) is 11.2 Å². The van der Waals surface area contributed by atoms with Gasteiger partial charge in [-0.25, -0.2) is 4.52 Å². The van der Waals surface area contributed by atoms with Gasteiger partial charge in [0.05, 0.1) is 24.3 Å². The molecular formula is C18H24N6O2. The molecule has 4 heterocycles. The van der Waals surface area contributed by atoms with E-state index in [4.69, 9.17) is 0 Å². The molecule has 8 nitrogen and oxygen atoms in total. The molecule has 0 unspecified atom stereocenters. The lowest BCUT2D eigenvalue weighted by Crippen LogP contribution is -2.29. The first-order valence-corrected chi connectivity index (χ1v) is 8.86. The van der Waals surface area contributed by atoms with E-state index in [9.17, 15) is 9.59 Å². The van der Waals surface area contributed by atoms with E-state index in [1.807, 2.05) is 18.1 Å². The van der Waals surface area contributed by atoms with Crippen molar-refractivity contribution in [2.45, 2.75) is 32.6 Å². The van der Waals surface area contributed by atoms with Crippen LogP contribution in [0, 0.1) is 0 Å². The number of carbonyl (C=O) groups is 1. The van der Waals surface area contributed by atoms with Gasteiger partial charge >= 0.3 is 0 Å². The number of aromatic amines is 1. The lowest BCUT2D eigenvalue weighted by Gasteiger charge is -2.17. The van der Waals surface area contributed by atoms with Crippen LogP contribution in [0.5, 0.6) is 0 Å². The second-order valence-electron chi connectivity index (χ2n) is 6.48. The summed E-state index contributed by atoms with van der Waals surface area (Å²) >= 11 is 0. The molecule has 1 amide bonds. The van der Waals surface area contributed by atoms with E-state index >= 15 is 0 Å². The zero-order valence-electron chi connectivity index (χ0n) is 15.2. The van der Waals surface area contributed by atoms with Gasteiger partial charge in [0, 0.05) is 38.8 Å². The van der Waals surface area contributed by atoms with Crippen LogP contribution in [-0.2, 0) is 11.8 Å². The van der Waals surface area contributed by atoms with Gasteiger partial charge in [-0.3, -0.25) is 14.3 Å². The van der Waals surface area contributed by atoms with E-state index in [1.54, 1.807) is 40.8 Å². The number of amides is 1. The van der Waals surface area contributed by atoms with E-state index in [0.717, 1.165) is 18.7 Å². The maximum absolute atomic E-state index is 11.7. The van der Waals surface area contributed by atoms with Crippen molar-refractivity contribution in [1.82, 2.24) is 29.3 Å². The van der Waals surface area contributed by atoms with Crippen LogP contribution in [-0.4, -0.2) is 48.3 Å².